The minimum Gasteiger partial charge on any atom is -0.444 e. The number of nitrogens with zero attached hydrogens (tertiary/aromatic N) is 3. The summed E-state index contributed by atoms with van der Waals surface area (Å²) in [6.07, 6.45) is 3.94. The second-order valence-corrected chi connectivity index (χ2v) is 6.48. The summed E-state index contributed by atoms with van der Waals surface area (Å²) in [5, 5.41) is 15.0. The summed E-state index contributed by atoms with van der Waals surface area (Å²) in [6, 6.07) is 14.6. The SMILES string of the molecule is Cc1ccc(-c2nc(CCNc3ccc([N+](=O)[O-])c4cccnc34)co2)cc1. The van der Waals surface area contributed by atoms with Crippen molar-refractivity contribution >= 4 is 22.3 Å². The Balaban J connectivity index is 1.47. The number of aromatic nitrogens is 2. The zero-order chi connectivity index (χ0) is 19.5. The van der Waals surface area contributed by atoms with Gasteiger partial charge in [-0.05, 0) is 37.3 Å². The normalized spacial score (nSPS) is 10.9. The van der Waals surface area contributed by atoms with E-state index >= 15 is 0 Å². The number of hydrogen-bond donors (Lipinski definition) is 1. The minimum absolute atomic E-state index is 0.0490. The number of nitro groups is 1. The molecule has 28 heavy (non-hydrogen) atoms. The summed E-state index contributed by atoms with van der Waals surface area (Å²) in [4.78, 5) is 19.6. The number of nitrogens with one attached hydrogen (secondary N) is 1. The summed E-state index contributed by atoms with van der Waals surface area (Å²) in [6.45, 7) is 2.64. The van der Waals surface area contributed by atoms with E-state index in [1.807, 2.05) is 31.2 Å². The van der Waals surface area contributed by atoms with E-state index < -0.39 is 4.92 Å². The topological polar surface area (TPSA) is 94.1 Å². The fourth-order valence-electron chi connectivity index (χ4n) is 3.04. The van der Waals surface area contributed by atoms with Crippen LogP contribution in [0.1, 0.15) is 11.3 Å². The molecule has 0 saturated carbocycles. The van der Waals surface area contributed by atoms with E-state index in [2.05, 4.69) is 15.3 Å². The summed E-state index contributed by atoms with van der Waals surface area (Å²) in [5.74, 6) is 0.595. The Labute approximate surface area is 161 Å². The van der Waals surface area contributed by atoms with E-state index in [4.69, 9.17) is 4.42 Å². The lowest BCUT2D eigenvalue weighted by atomic mass is 10.1. The molecule has 0 bridgehead atoms. The van der Waals surface area contributed by atoms with Gasteiger partial charge in [-0.3, -0.25) is 15.1 Å². The summed E-state index contributed by atoms with van der Waals surface area (Å²) >= 11 is 0. The predicted molar refractivity (Wildman–Crippen MR) is 107 cm³/mol. The zero-order valence-electron chi connectivity index (χ0n) is 15.3. The monoisotopic (exact) mass is 374 g/mol. The van der Waals surface area contributed by atoms with Crippen LogP contribution in [0, 0.1) is 17.0 Å². The molecule has 0 aliphatic carbocycles. The van der Waals surface area contributed by atoms with E-state index in [0.29, 0.717) is 29.8 Å². The first kappa shape index (κ1) is 17.7. The van der Waals surface area contributed by atoms with Gasteiger partial charge in [-0.25, -0.2) is 4.98 Å². The molecule has 0 radical (unpaired) electrons. The highest BCUT2D eigenvalue weighted by Crippen LogP contribution is 2.29. The fraction of sp³-hybridized carbons (Fsp3) is 0.143. The largest absolute Gasteiger partial charge is 0.444 e. The molecule has 7 nitrogen and oxygen atoms in total. The van der Waals surface area contributed by atoms with Gasteiger partial charge in [-0.2, -0.15) is 0 Å². The number of pyridine rings is 1. The smallest absolute Gasteiger partial charge is 0.278 e. The molecular formula is C21H18N4O3. The molecule has 140 valence electrons. The molecule has 2 aromatic carbocycles. The van der Waals surface area contributed by atoms with E-state index in [-0.39, 0.29) is 5.69 Å². The third-order valence-electron chi connectivity index (χ3n) is 4.49. The molecule has 2 heterocycles. The van der Waals surface area contributed by atoms with Gasteiger partial charge in [-0.1, -0.05) is 17.7 Å². The van der Waals surface area contributed by atoms with Crippen molar-refractivity contribution in [2.75, 3.05) is 11.9 Å². The van der Waals surface area contributed by atoms with Crippen molar-refractivity contribution < 1.29 is 9.34 Å². The molecule has 4 rings (SSSR count). The highest BCUT2D eigenvalue weighted by Gasteiger charge is 2.15. The van der Waals surface area contributed by atoms with Gasteiger partial charge in [0.15, 0.2) is 0 Å². The number of benzene rings is 2. The molecule has 0 unspecified atom stereocenters. The number of aryl methyl sites for hydroxylation is 1. The van der Waals surface area contributed by atoms with Crippen LogP contribution in [0.25, 0.3) is 22.4 Å². The van der Waals surface area contributed by atoms with Crippen LogP contribution in [0.5, 0.6) is 0 Å². The van der Waals surface area contributed by atoms with E-state index in [9.17, 15) is 10.1 Å². The van der Waals surface area contributed by atoms with Crippen molar-refractivity contribution in [3.63, 3.8) is 0 Å². The van der Waals surface area contributed by atoms with Crippen LogP contribution in [0.4, 0.5) is 11.4 Å². The Hall–Kier alpha value is -3.74. The predicted octanol–water partition coefficient (Wildman–Crippen LogP) is 4.76. The fourth-order valence-corrected chi connectivity index (χ4v) is 3.04. The quantitative estimate of drug-likeness (QED) is 0.386. The maximum Gasteiger partial charge on any atom is 0.278 e. The second-order valence-electron chi connectivity index (χ2n) is 6.48. The van der Waals surface area contributed by atoms with Crippen molar-refractivity contribution in [1.29, 1.82) is 0 Å². The summed E-state index contributed by atoms with van der Waals surface area (Å²) < 4.78 is 5.58. The van der Waals surface area contributed by atoms with Gasteiger partial charge in [-0.15, -0.1) is 0 Å². The van der Waals surface area contributed by atoms with Gasteiger partial charge < -0.3 is 9.73 Å². The number of anilines is 1. The molecule has 0 amide bonds. The number of non-ortho nitro benzene ring substituents is 1. The van der Waals surface area contributed by atoms with Crippen molar-refractivity contribution in [3.8, 4) is 11.5 Å². The van der Waals surface area contributed by atoms with Gasteiger partial charge in [0.1, 0.15) is 11.8 Å². The van der Waals surface area contributed by atoms with E-state index in [0.717, 1.165) is 16.9 Å². The highest BCUT2D eigenvalue weighted by molar-refractivity contribution is 5.96. The van der Waals surface area contributed by atoms with E-state index in [1.54, 1.807) is 30.7 Å². The first-order valence-electron chi connectivity index (χ1n) is 8.89. The third-order valence-corrected chi connectivity index (χ3v) is 4.49. The lowest BCUT2D eigenvalue weighted by Gasteiger charge is -2.08. The number of rotatable bonds is 6. The molecule has 4 aromatic rings. The first-order valence-corrected chi connectivity index (χ1v) is 8.89. The number of nitro benzene ring substituents is 1. The van der Waals surface area contributed by atoms with Gasteiger partial charge in [0.2, 0.25) is 5.89 Å². The van der Waals surface area contributed by atoms with Gasteiger partial charge in [0.25, 0.3) is 5.69 Å². The average Bonchev–Trinajstić information content (AvgIpc) is 3.17. The van der Waals surface area contributed by atoms with Crippen LogP contribution in [0.3, 0.4) is 0 Å². The maximum absolute atomic E-state index is 11.2. The molecule has 0 spiro atoms. The van der Waals surface area contributed by atoms with Crippen LogP contribution in [-0.4, -0.2) is 21.4 Å². The highest BCUT2D eigenvalue weighted by atomic mass is 16.6. The van der Waals surface area contributed by atoms with Crippen LogP contribution in [0.15, 0.2) is 65.4 Å². The standard InChI is InChI=1S/C21H18N4O3/c1-14-4-6-15(7-5-14)21-24-16(13-28-21)10-12-22-18-8-9-19(25(26)27)17-3-2-11-23-20(17)18/h2-9,11,13,22H,10,12H2,1H3. The molecule has 0 fully saturated rings. The van der Waals surface area contributed by atoms with Gasteiger partial charge in [0.05, 0.1) is 21.7 Å². The van der Waals surface area contributed by atoms with Crippen LogP contribution < -0.4 is 5.32 Å². The molecule has 0 aliphatic rings. The number of oxazole rings is 1. The van der Waals surface area contributed by atoms with Gasteiger partial charge in [0, 0.05) is 30.8 Å². The van der Waals surface area contributed by atoms with E-state index in [1.165, 1.54) is 11.6 Å². The molecule has 7 heteroatoms. The lowest BCUT2D eigenvalue weighted by Crippen LogP contribution is -2.06. The van der Waals surface area contributed by atoms with Gasteiger partial charge >= 0.3 is 0 Å². The number of fused-ring (bicyclic) bond motifs is 1. The molecule has 0 aliphatic heterocycles. The Morgan fingerprint density at radius 2 is 1.96 bits per heavy atom. The lowest BCUT2D eigenvalue weighted by molar-refractivity contribution is -0.383. The molecular weight excluding hydrogens is 356 g/mol. The van der Waals surface area contributed by atoms with Crippen molar-refractivity contribution in [2.45, 2.75) is 13.3 Å². The second kappa shape index (κ2) is 7.48. The zero-order valence-corrected chi connectivity index (χ0v) is 15.3. The van der Waals surface area contributed by atoms with Crippen LogP contribution in [-0.2, 0) is 6.42 Å². The Kier molecular flexibility index (Phi) is 4.72. The average molecular weight is 374 g/mol. The van der Waals surface area contributed by atoms with Crippen LogP contribution in [0.2, 0.25) is 0 Å². The Morgan fingerprint density at radius 1 is 1.14 bits per heavy atom. The minimum atomic E-state index is -0.393. The summed E-state index contributed by atoms with van der Waals surface area (Å²) in [7, 11) is 0. The van der Waals surface area contributed by atoms with Crippen molar-refractivity contribution in [2.24, 2.45) is 0 Å². The van der Waals surface area contributed by atoms with Crippen LogP contribution >= 0.6 is 0 Å². The molecule has 1 N–H and O–H groups in total. The molecule has 0 saturated heterocycles. The van der Waals surface area contributed by atoms with Crippen molar-refractivity contribution in [3.05, 3.63) is 82.4 Å². The Morgan fingerprint density at radius 3 is 2.75 bits per heavy atom. The summed E-state index contributed by atoms with van der Waals surface area (Å²) in [5.41, 5.74) is 4.34. The first-order chi connectivity index (χ1) is 13.6. The van der Waals surface area contributed by atoms with Crippen molar-refractivity contribution in [1.82, 2.24) is 9.97 Å². The molecule has 2 aromatic heterocycles. The number of hydrogen-bond acceptors (Lipinski definition) is 6. The molecule has 0 atom stereocenters. The Bertz CT molecular complexity index is 1140. The maximum atomic E-state index is 11.2. The third kappa shape index (κ3) is 3.55.